The zero-order valence-electron chi connectivity index (χ0n) is 15.0. The first-order chi connectivity index (χ1) is 13.2. The van der Waals surface area contributed by atoms with Gasteiger partial charge in [-0.05, 0) is 25.0 Å². The maximum Gasteiger partial charge on any atom is 0.573 e. The topological polar surface area (TPSA) is 76.2 Å². The molecule has 2 saturated heterocycles. The number of ether oxygens (including phenoxy) is 2. The van der Waals surface area contributed by atoms with Crippen LogP contribution in [-0.4, -0.2) is 69.3 Å². The van der Waals surface area contributed by atoms with Gasteiger partial charge in [0.25, 0.3) is 0 Å². The van der Waals surface area contributed by atoms with Gasteiger partial charge in [0.2, 0.25) is 15.9 Å². The second-order valence-corrected chi connectivity index (χ2v) is 8.54. The fourth-order valence-electron chi connectivity index (χ4n) is 3.42. The molecular formula is C17H21F3N2O5S. The number of hydrogen-bond donors (Lipinski definition) is 0. The Morgan fingerprint density at radius 1 is 1.14 bits per heavy atom. The van der Waals surface area contributed by atoms with E-state index in [1.807, 2.05) is 0 Å². The van der Waals surface area contributed by atoms with Crippen LogP contribution in [0.2, 0.25) is 0 Å². The highest BCUT2D eigenvalue weighted by atomic mass is 32.2. The largest absolute Gasteiger partial charge is 0.573 e. The summed E-state index contributed by atoms with van der Waals surface area (Å²) in [5, 5.41) is 0. The third-order valence-electron chi connectivity index (χ3n) is 4.75. The van der Waals surface area contributed by atoms with Crippen molar-refractivity contribution in [3.63, 3.8) is 0 Å². The summed E-state index contributed by atoms with van der Waals surface area (Å²) < 4.78 is 74.0. The number of para-hydroxylation sites is 1. The molecule has 11 heteroatoms. The van der Waals surface area contributed by atoms with Gasteiger partial charge in [0, 0.05) is 26.2 Å². The molecule has 7 nitrogen and oxygen atoms in total. The lowest BCUT2D eigenvalue weighted by atomic mass is 9.98. The first-order valence-corrected chi connectivity index (χ1v) is 10.3. The van der Waals surface area contributed by atoms with Crippen LogP contribution < -0.4 is 4.74 Å². The van der Waals surface area contributed by atoms with E-state index in [9.17, 15) is 26.4 Å². The highest BCUT2D eigenvalue weighted by Gasteiger charge is 2.38. The van der Waals surface area contributed by atoms with Crippen molar-refractivity contribution in [3.8, 4) is 5.75 Å². The Morgan fingerprint density at radius 3 is 2.50 bits per heavy atom. The Bertz CT molecular complexity index is 809. The molecule has 1 amide bonds. The number of amides is 1. The lowest BCUT2D eigenvalue weighted by molar-refractivity contribution is -0.275. The predicted octanol–water partition coefficient (Wildman–Crippen LogP) is 1.84. The number of rotatable bonds is 4. The van der Waals surface area contributed by atoms with Crippen LogP contribution in [0.4, 0.5) is 13.2 Å². The monoisotopic (exact) mass is 422 g/mol. The van der Waals surface area contributed by atoms with Gasteiger partial charge in [-0.25, -0.2) is 8.42 Å². The van der Waals surface area contributed by atoms with Crippen molar-refractivity contribution < 1.29 is 35.9 Å². The van der Waals surface area contributed by atoms with Gasteiger partial charge < -0.3 is 14.4 Å². The van der Waals surface area contributed by atoms with Gasteiger partial charge in [-0.15, -0.1) is 13.2 Å². The van der Waals surface area contributed by atoms with Crippen molar-refractivity contribution in [2.45, 2.75) is 24.1 Å². The molecule has 2 aliphatic heterocycles. The number of nitrogens with zero attached hydrogens (tertiary/aromatic N) is 2. The summed E-state index contributed by atoms with van der Waals surface area (Å²) >= 11 is 0. The van der Waals surface area contributed by atoms with Gasteiger partial charge in [0.15, 0.2) is 0 Å². The van der Waals surface area contributed by atoms with Gasteiger partial charge in [0.05, 0.1) is 19.1 Å². The number of alkyl halides is 3. The number of halogens is 3. The lowest BCUT2D eigenvalue weighted by Gasteiger charge is -2.35. The first-order valence-electron chi connectivity index (χ1n) is 8.90. The SMILES string of the molecule is O=C(C1CCCN(S(=O)(=O)c2ccccc2OC(F)(F)F)C1)N1CCOCC1. The van der Waals surface area contributed by atoms with Crippen LogP contribution in [0, 0.1) is 5.92 Å². The molecule has 1 atom stereocenters. The molecule has 2 heterocycles. The first kappa shape index (κ1) is 20.9. The van der Waals surface area contributed by atoms with E-state index in [1.54, 1.807) is 4.90 Å². The minimum Gasteiger partial charge on any atom is -0.404 e. The van der Waals surface area contributed by atoms with E-state index in [1.165, 1.54) is 12.1 Å². The summed E-state index contributed by atoms with van der Waals surface area (Å²) in [6.07, 6.45) is -4.03. The third-order valence-corrected chi connectivity index (χ3v) is 6.65. The molecular weight excluding hydrogens is 401 g/mol. The standard InChI is InChI=1S/C17H21F3N2O5S/c18-17(19,20)27-14-5-1-2-6-15(14)28(24,25)22-7-3-4-13(12-22)16(23)21-8-10-26-11-9-21/h1-2,5-6,13H,3-4,7-12H2. The van der Waals surface area contributed by atoms with Gasteiger partial charge in [0.1, 0.15) is 10.6 Å². The summed E-state index contributed by atoms with van der Waals surface area (Å²) in [4.78, 5) is 13.8. The van der Waals surface area contributed by atoms with E-state index in [2.05, 4.69) is 4.74 Å². The molecule has 0 aliphatic carbocycles. The van der Waals surface area contributed by atoms with Crippen LogP contribution in [0.5, 0.6) is 5.75 Å². The number of carbonyl (C=O) groups excluding carboxylic acids is 1. The van der Waals surface area contributed by atoms with Crippen LogP contribution in [0.1, 0.15) is 12.8 Å². The average molecular weight is 422 g/mol. The quantitative estimate of drug-likeness (QED) is 0.740. The van der Waals surface area contributed by atoms with Crippen LogP contribution in [0.3, 0.4) is 0 Å². The van der Waals surface area contributed by atoms with Crippen LogP contribution in [0.15, 0.2) is 29.2 Å². The minimum atomic E-state index is -5.01. The summed E-state index contributed by atoms with van der Waals surface area (Å²) in [5.74, 6) is -1.46. The van der Waals surface area contributed by atoms with E-state index in [0.29, 0.717) is 39.1 Å². The summed E-state index contributed by atoms with van der Waals surface area (Å²) in [5.41, 5.74) is 0. The van der Waals surface area contributed by atoms with Crippen molar-refractivity contribution in [1.29, 1.82) is 0 Å². The highest BCUT2D eigenvalue weighted by Crippen LogP contribution is 2.33. The molecule has 0 radical (unpaired) electrons. The summed E-state index contributed by atoms with van der Waals surface area (Å²) in [6, 6.07) is 4.63. The van der Waals surface area contributed by atoms with Crippen LogP contribution in [0.25, 0.3) is 0 Å². The van der Waals surface area contributed by atoms with E-state index in [-0.39, 0.29) is 19.0 Å². The molecule has 0 aromatic heterocycles. The van der Waals surface area contributed by atoms with E-state index < -0.39 is 32.9 Å². The number of morpholine rings is 1. The van der Waals surface area contributed by atoms with Gasteiger partial charge in [-0.2, -0.15) is 4.31 Å². The molecule has 0 spiro atoms. The Kier molecular flexibility index (Phi) is 6.15. The number of carbonyl (C=O) groups is 1. The third kappa shape index (κ3) is 4.76. The van der Waals surface area contributed by atoms with Crippen LogP contribution in [-0.2, 0) is 19.6 Å². The Morgan fingerprint density at radius 2 is 1.82 bits per heavy atom. The van der Waals surface area contributed by atoms with Gasteiger partial charge in [-0.3, -0.25) is 4.79 Å². The van der Waals surface area contributed by atoms with Gasteiger partial charge >= 0.3 is 6.36 Å². The molecule has 1 aromatic carbocycles. The predicted molar refractivity (Wildman–Crippen MR) is 92.0 cm³/mol. The molecule has 0 saturated carbocycles. The molecule has 156 valence electrons. The molecule has 2 fully saturated rings. The average Bonchev–Trinajstić information content (AvgIpc) is 2.67. The Labute approximate surface area is 161 Å². The van der Waals surface area contributed by atoms with Crippen molar-refractivity contribution >= 4 is 15.9 Å². The molecule has 3 rings (SSSR count). The Balaban J connectivity index is 1.79. The maximum atomic E-state index is 13.0. The molecule has 1 aromatic rings. The molecule has 0 bridgehead atoms. The lowest BCUT2D eigenvalue weighted by Crippen LogP contribution is -2.49. The second kappa shape index (κ2) is 8.26. The number of hydrogen-bond acceptors (Lipinski definition) is 5. The summed E-state index contributed by atoms with van der Waals surface area (Å²) in [7, 11) is -4.25. The maximum absolute atomic E-state index is 13.0. The van der Waals surface area contributed by atoms with Crippen molar-refractivity contribution in [2.24, 2.45) is 5.92 Å². The van der Waals surface area contributed by atoms with Crippen molar-refractivity contribution in [3.05, 3.63) is 24.3 Å². The fourth-order valence-corrected chi connectivity index (χ4v) is 5.05. The Hall–Kier alpha value is -1.85. The second-order valence-electron chi connectivity index (χ2n) is 6.63. The van der Waals surface area contributed by atoms with Crippen molar-refractivity contribution in [2.75, 3.05) is 39.4 Å². The molecule has 28 heavy (non-hydrogen) atoms. The normalized spacial score (nSPS) is 22.1. The van der Waals surface area contributed by atoms with E-state index in [4.69, 9.17) is 4.74 Å². The summed E-state index contributed by atoms with van der Waals surface area (Å²) in [6.45, 7) is 1.83. The molecule has 2 aliphatic rings. The van der Waals surface area contributed by atoms with Crippen molar-refractivity contribution in [1.82, 2.24) is 9.21 Å². The van der Waals surface area contributed by atoms with E-state index >= 15 is 0 Å². The van der Waals surface area contributed by atoms with Crippen LogP contribution >= 0.6 is 0 Å². The van der Waals surface area contributed by atoms with E-state index in [0.717, 1.165) is 16.4 Å². The fraction of sp³-hybridized carbons (Fsp3) is 0.588. The zero-order chi connectivity index (χ0) is 20.4. The van der Waals surface area contributed by atoms with Gasteiger partial charge in [-0.1, -0.05) is 12.1 Å². The number of piperidine rings is 1. The zero-order valence-corrected chi connectivity index (χ0v) is 15.8. The molecule has 0 N–H and O–H groups in total. The minimum absolute atomic E-state index is 0.0706. The smallest absolute Gasteiger partial charge is 0.404 e. The highest BCUT2D eigenvalue weighted by molar-refractivity contribution is 7.89. The molecule has 1 unspecified atom stereocenters. The number of benzene rings is 1. The number of sulfonamides is 1.